The van der Waals surface area contributed by atoms with Gasteiger partial charge in [-0.15, -0.1) is 0 Å². The molecule has 2 heterocycles. The highest BCUT2D eigenvalue weighted by Crippen LogP contribution is 2.22. The lowest BCUT2D eigenvalue weighted by Gasteiger charge is -2.36. The zero-order valence-corrected chi connectivity index (χ0v) is 17.4. The summed E-state index contributed by atoms with van der Waals surface area (Å²) < 4.78 is 0. The van der Waals surface area contributed by atoms with E-state index in [4.69, 9.17) is 0 Å². The Labute approximate surface area is 174 Å². The minimum atomic E-state index is 0.175. The molecule has 1 N–H and O–H groups in total. The number of nitrogens with zero attached hydrogens (tertiary/aromatic N) is 3. The third-order valence-corrected chi connectivity index (χ3v) is 6.03. The molecule has 2 aromatic carbocycles. The third kappa shape index (κ3) is 5.03. The van der Waals surface area contributed by atoms with Crippen molar-refractivity contribution in [3.05, 3.63) is 54.1 Å². The van der Waals surface area contributed by atoms with E-state index in [1.165, 1.54) is 36.2 Å². The van der Waals surface area contributed by atoms with Gasteiger partial charge in [0.1, 0.15) is 0 Å². The van der Waals surface area contributed by atoms with Crippen molar-refractivity contribution in [2.75, 3.05) is 60.9 Å². The maximum absolute atomic E-state index is 12.6. The second kappa shape index (κ2) is 9.21. The molecule has 2 aromatic rings. The summed E-state index contributed by atoms with van der Waals surface area (Å²) >= 11 is 0. The number of piperidine rings is 1. The smallest absolute Gasteiger partial charge is 0.241 e. The number of rotatable bonds is 5. The van der Waals surface area contributed by atoms with E-state index in [9.17, 15) is 4.79 Å². The first kappa shape index (κ1) is 19.6. The van der Waals surface area contributed by atoms with Crippen LogP contribution in [-0.2, 0) is 4.79 Å². The van der Waals surface area contributed by atoms with Gasteiger partial charge >= 0.3 is 0 Å². The lowest BCUT2D eigenvalue weighted by molar-refractivity contribution is -0.129. The molecule has 2 aliphatic rings. The van der Waals surface area contributed by atoms with Crippen LogP contribution in [0.5, 0.6) is 0 Å². The van der Waals surface area contributed by atoms with E-state index in [2.05, 4.69) is 70.6 Å². The molecule has 4 rings (SSSR count). The average molecular weight is 393 g/mol. The first-order valence-electron chi connectivity index (χ1n) is 10.9. The predicted molar refractivity (Wildman–Crippen MR) is 121 cm³/mol. The second-order valence-electron chi connectivity index (χ2n) is 8.15. The van der Waals surface area contributed by atoms with Gasteiger partial charge in [-0.3, -0.25) is 4.79 Å². The van der Waals surface area contributed by atoms with Crippen molar-refractivity contribution in [2.45, 2.75) is 26.2 Å². The van der Waals surface area contributed by atoms with Crippen molar-refractivity contribution in [3.63, 3.8) is 0 Å². The standard InChI is InChI=1S/C24H32N4O/c1-20-6-5-7-23(18-20)27-14-16-28(17-15-27)24(29)19-25-21-8-10-22(11-9-21)26-12-3-2-4-13-26/h5-11,18,25H,2-4,12-17,19H2,1H3. The van der Waals surface area contributed by atoms with Crippen LogP contribution in [0.1, 0.15) is 24.8 Å². The van der Waals surface area contributed by atoms with Crippen LogP contribution < -0.4 is 15.1 Å². The van der Waals surface area contributed by atoms with Crippen LogP contribution in [0.4, 0.5) is 17.1 Å². The van der Waals surface area contributed by atoms with Crippen molar-refractivity contribution in [1.29, 1.82) is 0 Å². The Hall–Kier alpha value is -2.69. The van der Waals surface area contributed by atoms with Gasteiger partial charge in [0.05, 0.1) is 6.54 Å². The van der Waals surface area contributed by atoms with E-state index in [0.717, 1.165) is 45.0 Å². The van der Waals surface area contributed by atoms with Gasteiger partial charge in [-0.25, -0.2) is 0 Å². The molecular weight excluding hydrogens is 360 g/mol. The Bertz CT molecular complexity index is 806. The summed E-state index contributed by atoms with van der Waals surface area (Å²) in [4.78, 5) is 19.4. The summed E-state index contributed by atoms with van der Waals surface area (Å²) in [5, 5.41) is 3.30. The first-order chi connectivity index (χ1) is 14.2. The quantitative estimate of drug-likeness (QED) is 0.841. The molecule has 0 bridgehead atoms. The van der Waals surface area contributed by atoms with Crippen LogP contribution in [-0.4, -0.2) is 56.6 Å². The fraction of sp³-hybridized carbons (Fsp3) is 0.458. The third-order valence-electron chi connectivity index (χ3n) is 6.03. The Morgan fingerprint density at radius 3 is 2.21 bits per heavy atom. The summed E-state index contributed by atoms with van der Waals surface area (Å²) in [6.45, 7) is 8.12. The molecule has 2 fully saturated rings. The fourth-order valence-corrected chi connectivity index (χ4v) is 4.27. The topological polar surface area (TPSA) is 38.8 Å². The minimum absolute atomic E-state index is 0.175. The normalized spacial score (nSPS) is 17.3. The number of aryl methyl sites for hydroxylation is 1. The lowest BCUT2D eigenvalue weighted by atomic mass is 10.1. The van der Waals surface area contributed by atoms with E-state index < -0.39 is 0 Å². The Morgan fingerprint density at radius 2 is 1.52 bits per heavy atom. The largest absolute Gasteiger partial charge is 0.376 e. The fourth-order valence-electron chi connectivity index (χ4n) is 4.27. The highest BCUT2D eigenvalue weighted by molar-refractivity contribution is 5.81. The van der Waals surface area contributed by atoms with Crippen molar-refractivity contribution >= 4 is 23.0 Å². The van der Waals surface area contributed by atoms with Gasteiger partial charge in [0.25, 0.3) is 0 Å². The van der Waals surface area contributed by atoms with Crippen LogP contribution >= 0.6 is 0 Å². The molecule has 0 saturated carbocycles. The number of carbonyl (C=O) groups is 1. The maximum Gasteiger partial charge on any atom is 0.241 e. The van der Waals surface area contributed by atoms with Gasteiger partial charge in [-0.05, 0) is 68.1 Å². The number of carbonyl (C=O) groups excluding carboxylic acids is 1. The Morgan fingerprint density at radius 1 is 0.828 bits per heavy atom. The molecule has 0 spiro atoms. The summed E-state index contributed by atoms with van der Waals surface area (Å²) in [5.41, 5.74) is 4.83. The van der Waals surface area contributed by atoms with Crippen molar-refractivity contribution in [2.24, 2.45) is 0 Å². The maximum atomic E-state index is 12.6. The highest BCUT2D eigenvalue weighted by Gasteiger charge is 2.21. The minimum Gasteiger partial charge on any atom is -0.376 e. The number of benzene rings is 2. The summed E-state index contributed by atoms with van der Waals surface area (Å²) in [6.07, 6.45) is 3.91. The average Bonchev–Trinajstić information content (AvgIpc) is 2.78. The van der Waals surface area contributed by atoms with Crippen LogP contribution in [0.15, 0.2) is 48.5 Å². The van der Waals surface area contributed by atoms with Crippen LogP contribution in [0.3, 0.4) is 0 Å². The molecular formula is C24H32N4O. The van der Waals surface area contributed by atoms with Gasteiger partial charge in [0.2, 0.25) is 5.91 Å². The summed E-state index contributed by atoms with van der Waals surface area (Å²) in [5.74, 6) is 0.175. The SMILES string of the molecule is Cc1cccc(N2CCN(C(=O)CNc3ccc(N4CCCCC4)cc3)CC2)c1. The molecule has 2 aliphatic heterocycles. The Kier molecular flexibility index (Phi) is 6.23. The molecule has 154 valence electrons. The molecule has 5 heteroatoms. The number of hydrogen-bond acceptors (Lipinski definition) is 4. The van der Waals surface area contributed by atoms with E-state index in [1.807, 2.05) is 4.90 Å². The zero-order chi connectivity index (χ0) is 20.1. The zero-order valence-electron chi connectivity index (χ0n) is 17.4. The molecule has 0 atom stereocenters. The second-order valence-corrected chi connectivity index (χ2v) is 8.15. The van der Waals surface area contributed by atoms with Gasteiger partial charge in [-0.2, -0.15) is 0 Å². The molecule has 0 aliphatic carbocycles. The highest BCUT2D eigenvalue weighted by atomic mass is 16.2. The van der Waals surface area contributed by atoms with Crippen molar-refractivity contribution < 1.29 is 4.79 Å². The van der Waals surface area contributed by atoms with E-state index in [1.54, 1.807) is 0 Å². The molecule has 0 aromatic heterocycles. The van der Waals surface area contributed by atoms with E-state index >= 15 is 0 Å². The molecule has 2 saturated heterocycles. The molecule has 5 nitrogen and oxygen atoms in total. The van der Waals surface area contributed by atoms with Crippen molar-refractivity contribution in [1.82, 2.24) is 4.90 Å². The van der Waals surface area contributed by atoms with Gasteiger partial charge in [-0.1, -0.05) is 12.1 Å². The molecule has 0 unspecified atom stereocenters. The van der Waals surface area contributed by atoms with Crippen LogP contribution in [0, 0.1) is 6.92 Å². The first-order valence-corrected chi connectivity index (χ1v) is 10.9. The summed E-state index contributed by atoms with van der Waals surface area (Å²) in [7, 11) is 0. The number of nitrogens with one attached hydrogen (secondary N) is 1. The monoisotopic (exact) mass is 392 g/mol. The Balaban J connectivity index is 1.24. The van der Waals surface area contributed by atoms with Gasteiger partial charge < -0.3 is 20.0 Å². The number of anilines is 3. The number of amides is 1. The van der Waals surface area contributed by atoms with E-state index in [0.29, 0.717) is 6.54 Å². The molecule has 0 radical (unpaired) electrons. The van der Waals surface area contributed by atoms with Crippen molar-refractivity contribution in [3.8, 4) is 0 Å². The number of hydrogen-bond donors (Lipinski definition) is 1. The van der Waals surface area contributed by atoms with Crippen LogP contribution in [0.25, 0.3) is 0 Å². The summed E-state index contributed by atoms with van der Waals surface area (Å²) in [6, 6.07) is 17.1. The van der Waals surface area contributed by atoms with E-state index in [-0.39, 0.29) is 5.91 Å². The number of piperazine rings is 1. The molecule has 1 amide bonds. The van der Waals surface area contributed by atoms with Crippen LogP contribution in [0.2, 0.25) is 0 Å². The predicted octanol–water partition coefficient (Wildman–Crippen LogP) is 3.75. The molecule has 29 heavy (non-hydrogen) atoms. The van der Waals surface area contributed by atoms with Gasteiger partial charge in [0.15, 0.2) is 0 Å². The van der Waals surface area contributed by atoms with Gasteiger partial charge in [0, 0.05) is 56.3 Å². The lowest BCUT2D eigenvalue weighted by Crippen LogP contribution is -2.50.